The van der Waals surface area contributed by atoms with Crippen LogP contribution < -0.4 is 4.72 Å². The van der Waals surface area contributed by atoms with Crippen molar-refractivity contribution in [1.82, 2.24) is 9.62 Å². The zero-order chi connectivity index (χ0) is 23.1. The molecule has 0 aromatic heterocycles. The highest BCUT2D eigenvalue weighted by Crippen LogP contribution is 2.23. The second kappa shape index (κ2) is 10.7. The Balaban J connectivity index is 1.83. The van der Waals surface area contributed by atoms with Crippen molar-refractivity contribution < 1.29 is 27.5 Å². The maximum Gasteiger partial charge on any atom is 0.325 e. The van der Waals surface area contributed by atoms with Gasteiger partial charge in [0.15, 0.2) is 0 Å². The molecule has 3 rings (SSSR count). The molecule has 0 saturated carbocycles. The van der Waals surface area contributed by atoms with Crippen molar-refractivity contribution in [2.45, 2.75) is 30.9 Å². The summed E-state index contributed by atoms with van der Waals surface area (Å²) in [7, 11) is -3.95. The molecule has 1 saturated heterocycles. The Hall–Kier alpha value is -2.75. The molecule has 0 radical (unpaired) electrons. The van der Waals surface area contributed by atoms with Crippen LogP contribution in [-0.2, 0) is 29.1 Å². The van der Waals surface area contributed by atoms with E-state index in [1.54, 1.807) is 67.3 Å². The van der Waals surface area contributed by atoms with Gasteiger partial charge >= 0.3 is 5.97 Å². The first-order valence-corrected chi connectivity index (χ1v) is 12.0. The van der Waals surface area contributed by atoms with Gasteiger partial charge in [-0.15, -0.1) is 0 Å². The minimum absolute atomic E-state index is 0.0439. The SMILES string of the molecule is CC(C)[C@@H](NS(=O)(=O)c1ccccc1)C(=O)O[C@H](C(=O)N1CCOCC1)c1ccccc1. The van der Waals surface area contributed by atoms with Crippen LogP contribution in [0.25, 0.3) is 0 Å². The predicted molar refractivity (Wildman–Crippen MR) is 118 cm³/mol. The lowest BCUT2D eigenvalue weighted by Crippen LogP contribution is -2.48. The Kier molecular flexibility index (Phi) is 8.00. The number of esters is 1. The number of carbonyl (C=O) groups excluding carboxylic acids is 2. The summed E-state index contributed by atoms with van der Waals surface area (Å²) in [5.41, 5.74) is 0.519. The number of ether oxygens (including phenoxy) is 2. The molecule has 9 heteroatoms. The maximum atomic E-state index is 13.2. The molecule has 8 nitrogen and oxygen atoms in total. The van der Waals surface area contributed by atoms with Crippen molar-refractivity contribution in [2.24, 2.45) is 5.92 Å². The van der Waals surface area contributed by atoms with Crippen molar-refractivity contribution in [3.8, 4) is 0 Å². The Labute approximate surface area is 188 Å². The molecular weight excluding hydrogens is 432 g/mol. The minimum Gasteiger partial charge on any atom is -0.446 e. The van der Waals surface area contributed by atoms with E-state index >= 15 is 0 Å². The molecule has 2 atom stereocenters. The fraction of sp³-hybridized carbons (Fsp3) is 0.391. The molecule has 0 spiro atoms. The lowest BCUT2D eigenvalue weighted by molar-refractivity contribution is -0.164. The van der Waals surface area contributed by atoms with E-state index in [1.807, 2.05) is 0 Å². The molecule has 32 heavy (non-hydrogen) atoms. The molecular formula is C23H28N2O6S. The topological polar surface area (TPSA) is 102 Å². The van der Waals surface area contributed by atoms with Crippen molar-refractivity contribution in [3.63, 3.8) is 0 Å². The number of hydrogen-bond donors (Lipinski definition) is 1. The standard InChI is InChI=1S/C23H28N2O6S/c1-17(2)20(24-32(28,29)19-11-7-4-8-12-19)23(27)31-21(18-9-5-3-6-10-18)22(26)25-13-15-30-16-14-25/h3-12,17,20-21,24H,13-16H2,1-2H3/t20-,21+/m1/s1. The summed E-state index contributed by atoms with van der Waals surface area (Å²) < 4.78 is 39.0. The van der Waals surface area contributed by atoms with Crippen LogP contribution in [0.1, 0.15) is 25.5 Å². The number of rotatable bonds is 8. The first-order valence-electron chi connectivity index (χ1n) is 10.5. The van der Waals surface area contributed by atoms with Gasteiger partial charge < -0.3 is 14.4 Å². The smallest absolute Gasteiger partial charge is 0.325 e. The fourth-order valence-corrected chi connectivity index (χ4v) is 4.67. The van der Waals surface area contributed by atoms with Crippen LogP contribution in [0.15, 0.2) is 65.6 Å². The first-order chi connectivity index (χ1) is 15.3. The monoisotopic (exact) mass is 460 g/mol. The van der Waals surface area contributed by atoms with Gasteiger partial charge in [0.2, 0.25) is 16.1 Å². The van der Waals surface area contributed by atoms with E-state index < -0.39 is 34.1 Å². The fourth-order valence-electron chi connectivity index (χ4n) is 3.32. The van der Waals surface area contributed by atoms with Crippen molar-refractivity contribution >= 4 is 21.9 Å². The largest absolute Gasteiger partial charge is 0.446 e. The van der Waals surface area contributed by atoms with Crippen LogP contribution in [0.5, 0.6) is 0 Å². The number of nitrogens with zero attached hydrogens (tertiary/aromatic N) is 1. The van der Waals surface area contributed by atoms with Crippen LogP contribution in [0.3, 0.4) is 0 Å². The molecule has 1 amide bonds. The Bertz CT molecular complexity index is 1010. The number of sulfonamides is 1. The van der Waals surface area contributed by atoms with E-state index in [4.69, 9.17) is 9.47 Å². The molecule has 1 heterocycles. The van der Waals surface area contributed by atoms with E-state index in [2.05, 4.69) is 4.72 Å². The number of amides is 1. The number of morpholine rings is 1. The van der Waals surface area contributed by atoms with Gasteiger partial charge in [0.25, 0.3) is 5.91 Å². The van der Waals surface area contributed by atoms with Crippen LogP contribution in [0, 0.1) is 5.92 Å². The summed E-state index contributed by atoms with van der Waals surface area (Å²) in [5.74, 6) is -1.58. The zero-order valence-corrected chi connectivity index (χ0v) is 19.0. The maximum absolute atomic E-state index is 13.2. The van der Waals surface area contributed by atoms with E-state index in [-0.39, 0.29) is 10.8 Å². The lowest BCUT2D eigenvalue weighted by atomic mass is 10.0. The summed E-state index contributed by atoms with van der Waals surface area (Å²) in [5, 5.41) is 0. The normalized spacial score (nSPS) is 16.4. The summed E-state index contributed by atoms with van der Waals surface area (Å²) in [4.78, 5) is 27.9. The van der Waals surface area contributed by atoms with E-state index in [0.717, 1.165) is 0 Å². The van der Waals surface area contributed by atoms with Gasteiger partial charge in [0, 0.05) is 18.7 Å². The summed E-state index contributed by atoms with van der Waals surface area (Å²) in [6.45, 7) is 5.03. The lowest BCUT2D eigenvalue weighted by Gasteiger charge is -2.31. The van der Waals surface area contributed by atoms with Gasteiger partial charge in [-0.3, -0.25) is 9.59 Å². The minimum atomic E-state index is -3.95. The summed E-state index contributed by atoms with van der Waals surface area (Å²) >= 11 is 0. The average Bonchev–Trinajstić information content (AvgIpc) is 2.82. The third kappa shape index (κ3) is 5.93. The number of nitrogens with one attached hydrogen (secondary N) is 1. The van der Waals surface area contributed by atoms with Gasteiger partial charge in [-0.2, -0.15) is 4.72 Å². The zero-order valence-electron chi connectivity index (χ0n) is 18.1. The molecule has 1 N–H and O–H groups in total. The molecule has 1 aliphatic rings. The third-order valence-corrected chi connectivity index (χ3v) is 6.60. The molecule has 0 aliphatic carbocycles. The van der Waals surface area contributed by atoms with Crippen molar-refractivity contribution in [2.75, 3.05) is 26.3 Å². The van der Waals surface area contributed by atoms with E-state index in [1.165, 1.54) is 12.1 Å². The van der Waals surface area contributed by atoms with E-state index in [0.29, 0.717) is 31.9 Å². The highest BCUT2D eigenvalue weighted by molar-refractivity contribution is 7.89. The van der Waals surface area contributed by atoms with Crippen molar-refractivity contribution in [1.29, 1.82) is 0 Å². The number of benzene rings is 2. The molecule has 1 aliphatic heterocycles. The number of hydrogen-bond acceptors (Lipinski definition) is 6. The van der Waals surface area contributed by atoms with Crippen LogP contribution in [0.2, 0.25) is 0 Å². The van der Waals surface area contributed by atoms with Gasteiger partial charge in [0.05, 0.1) is 18.1 Å². The van der Waals surface area contributed by atoms with Gasteiger partial charge in [-0.05, 0) is 18.1 Å². The molecule has 0 unspecified atom stereocenters. The van der Waals surface area contributed by atoms with E-state index in [9.17, 15) is 18.0 Å². The second-order valence-electron chi connectivity index (χ2n) is 7.82. The van der Waals surface area contributed by atoms with Gasteiger partial charge in [-0.1, -0.05) is 62.4 Å². The Morgan fingerprint density at radius 2 is 1.53 bits per heavy atom. The summed E-state index contributed by atoms with van der Waals surface area (Å²) in [6.07, 6.45) is -1.18. The third-order valence-electron chi connectivity index (χ3n) is 5.14. The van der Waals surface area contributed by atoms with Crippen molar-refractivity contribution in [3.05, 3.63) is 66.2 Å². The molecule has 0 bridgehead atoms. The van der Waals surface area contributed by atoms with Gasteiger partial charge in [0.1, 0.15) is 6.04 Å². The Morgan fingerprint density at radius 3 is 2.09 bits per heavy atom. The molecule has 172 valence electrons. The second-order valence-corrected chi connectivity index (χ2v) is 9.54. The number of carbonyl (C=O) groups is 2. The highest BCUT2D eigenvalue weighted by Gasteiger charge is 2.35. The van der Waals surface area contributed by atoms with Crippen LogP contribution >= 0.6 is 0 Å². The van der Waals surface area contributed by atoms with Crippen LogP contribution in [0.4, 0.5) is 0 Å². The first kappa shape index (κ1) is 23.9. The molecule has 1 fully saturated rings. The quantitative estimate of drug-likeness (QED) is 0.606. The highest BCUT2D eigenvalue weighted by atomic mass is 32.2. The van der Waals surface area contributed by atoms with Crippen LogP contribution in [-0.4, -0.2) is 57.5 Å². The molecule has 2 aromatic carbocycles. The van der Waals surface area contributed by atoms with Gasteiger partial charge in [-0.25, -0.2) is 8.42 Å². The predicted octanol–water partition coefficient (Wildman–Crippen LogP) is 2.13. The average molecular weight is 461 g/mol. The molecule has 2 aromatic rings. The Morgan fingerprint density at radius 1 is 0.969 bits per heavy atom. The summed E-state index contributed by atoms with van der Waals surface area (Å²) in [6, 6.07) is 15.3.